The van der Waals surface area contributed by atoms with Crippen molar-refractivity contribution in [1.82, 2.24) is 0 Å². The van der Waals surface area contributed by atoms with E-state index >= 15 is 0 Å². The van der Waals surface area contributed by atoms with E-state index < -0.39 is 32.5 Å². The molecule has 0 fully saturated rings. The van der Waals surface area contributed by atoms with E-state index in [0.29, 0.717) is 12.8 Å². The maximum Gasteiger partial charge on any atom is 0.472 e. The van der Waals surface area contributed by atoms with E-state index in [1.807, 2.05) is 0 Å². The zero-order chi connectivity index (χ0) is 65.8. The lowest BCUT2D eigenvalue weighted by Crippen LogP contribution is -2.29. The molecule has 3 N–H and O–H groups in total. The first-order valence-corrected chi connectivity index (χ1v) is 36.7. The molecular weight excluding hydrogens is 1150 g/mol. The van der Waals surface area contributed by atoms with Crippen LogP contribution in [0.1, 0.15) is 245 Å². The Labute approximate surface area is 556 Å². The molecule has 0 radical (unpaired) electrons. The summed E-state index contributed by atoms with van der Waals surface area (Å²) in [4.78, 5) is 35.4. The van der Waals surface area contributed by atoms with Crippen LogP contribution in [0.5, 0.6) is 0 Å². The molecule has 0 amide bonds. The number of esters is 2. The van der Waals surface area contributed by atoms with Gasteiger partial charge in [-0.3, -0.25) is 18.6 Å². The fourth-order valence-electron chi connectivity index (χ4n) is 8.74. The number of allylic oxidation sites excluding steroid dienone is 36. The van der Waals surface area contributed by atoms with Crippen molar-refractivity contribution >= 4 is 19.8 Å². The van der Waals surface area contributed by atoms with Gasteiger partial charge in [-0.15, -0.1) is 0 Å². The number of carbonyl (C=O) groups is 2. The zero-order valence-corrected chi connectivity index (χ0v) is 57.9. The molecule has 0 aromatic carbocycles. The van der Waals surface area contributed by atoms with Crippen LogP contribution in [0.2, 0.25) is 0 Å². The molecule has 0 aromatic heterocycles. The summed E-state index contributed by atoms with van der Waals surface area (Å²) in [5.41, 5.74) is 5.40. The molecule has 0 rings (SSSR count). The van der Waals surface area contributed by atoms with E-state index in [9.17, 15) is 19.0 Å². The van der Waals surface area contributed by atoms with Crippen molar-refractivity contribution in [2.75, 3.05) is 26.4 Å². The Kier molecular flexibility index (Phi) is 68.8. The maximum atomic E-state index is 12.8. The van der Waals surface area contributed by atoms with Gasteiger partial charge in [-0.2, -0.15) is 0 Å². The van der Waals surface area contributed by atoms with Crippen LogP contribution < -0.4 is 5.73 Å². The fraction of sp³-hybridized carbons (Fsp3) is 0.531. The van der Waals surface area contributed by atoms with Crippen molar-refractivity contribution in [2.24, 2.45) is 5.73 Å². The number of carbonyl (C=O) groups excluding carboxylic acids is 2. The molecule has 0 aliphatic carbocycles. The Morgan fingerprint density at radius 3 is 0.846 bits per heavy atom. The number of hydrogen-bond acceptors (Lipinski definition) is 8. The number of unbranched alkanes of at least 4 members (excludes halogenated alkanes) is 14. The predicted molar refractivity (Wildman–Crippen MR) is 394 cm³/mol. The molecule has 2 atom stereocenters. The van der Waals surface area contributed by atoms with E-state index in [4.69, 9.17) is 24.3 Å². The summed E-state index contributed by atoms with van der Waals surface area (Å²) in [6.07, 6.45) is 114. The molecule has 2 unspecified atom stereocenters. The molecule has 0 saturated heterocycles. The van der Waals surface area contributed by atoms with Gasteiger partial charge in [-0.1, -0.05) is 297 Å². The molecule has 0 saturated carbocycles. The van der Waals surface area contributed by atoms with Crippen molar-refractivity contribution in [3.05, 3.63) is 219 Å². The Bertz CT molecular complexity index is 2290. The molecule has 508 valence electrons. The molecule has 0 aliphatic heterocycles. The molecule has 91 heavy (non-hydrogen) atoms. The molecule has 9 nitrogen and oxygen atoms in total. The van der Waals surface area contributed by atoms with Crippen LogP contribution in [0.15, 0.2) is 219 Å². The third-order valence-electron chi connectivity index (χ3n) is 13.9. The van der Waals surface area contributed by atoms with Crippen LogP contribution in [0, 0.1) is 0 Å². The van der Waals surface area contributed by atoms with Crippen molar-refractivity contribution in [1.29, 1.82) is 0 Å². The third-order valence-corrected chi connectivity index (χ3v) is 14.8. The number of ether oxygens (including phenoxy) is 2. The first kappa shape index (κ1) is 85.3. The van der Waals surface area contributed by atoms with Gasteiger partial charge in [-0.25, -0.2) is 4.57 Å². The zero-order valence-electron chi connectivity index (χ0n) is 57.0. The van der Waals surface area contributed by atoms with Crippen LogP contribution in [0.4, 0.5) is 0 Å². The second-order valence-electron chi connectivity index (χ2n) is 22.3. The summed E-state index contributed by atoms with van der Waals surface area (Å²) in [6.45, 7) is 3.45. The van der Waals surface area contributed by atoms with Crippen LogP contribution in [0.3, 0.4) is 0 Å². The molecule has 0 aromatic rings. The average molecular weight is 1270 g/mol. The summed E-state index contributed by atoms with van der Waals surface area (Å²) in [7, 11) is -4.42. The molecule has 0 aliphatic rings. The molecule has 0 bridgehead atoms. The number of nitrogens with two attached hydrogens (primary N) is 1. The van der Waals surface area contributed by atoms with E-state index in [1.165, 1.54) is 38.5 Å². The van der Waals surface area contributed by atoms with Crippen LogP contribution >= 0.6 is 7.82 Å². The van der Waals surface area contributed by atoms with Gasteiger partial charge < -0.3 is 20.1 Å². The quantitative estimate of drug-likeness (QED) is 0.0264. The van der Waals surface area contributed by atoms with Crippen LogP contribution in [-0.2, 0) is 32.7 Å². The average Bonchev–Trinajstić information content (AvgIpc) is 3.74. The molecule has 0 spiro atoms. The number of hydrogen-bond donors (Lipinski definition) is 2. The van der Waals surface area contributed by atoms with Crippen LogP contribution in [0.25, 0.3) is 0 Å². The van der Waals surface area contributed by atoms with Gasteiger partial charge >= 0.3 is 19.8 Å². The van der Waals surface area contributed by atoms with E-state index in [-0.39, 0.29) is 32.6 Å². The Hall–Kier alpha value is -5.67. The molecular formula is C81H126NO8P. The first-order valence-electron chi connectivity index (χ1n) is 35.2. The summed E-state index contributed by atoms with van der Waals surface area (Å²) < 4.78 is 33.1. The standard InChI is InChI=1S/C81H126NO8P/c1-3-5-7-9-11-13-15-17-19-21-23-25-27-29-31-33-34-35-36-37-38-39-40-41-42-43-44-46-48-50-52-54-56-58-60-62-64-66-68-70-72-74-81(84)90-79(78-89-91(85,86)88-76-75-82)77-87-80(83)73-71-69-67-65-63-61-59-57-55-53-51-49-47-45-32-30-28-26-24-22-20-18-16-14-12-10-8-6-4-2/h5-8,11-14,17-20,23-26,29-32,34-35,37-38,40-41,43-44,47-50,53,55,59,61,79H,3-4,9-10,15-16,21-22,27-28,33,36,39,42,45-46,51-52,54,56-58,60,62-78,82H2,1-2H3,(H,85,86)/b7-5-,8-6-,13-11-,14-12-,19-17-,20-18-,25-23-,26-24-,31-29-,32-30-,35-34-,38-37-,41-40-,44-43-,49-47-,50-48-,55-53-,61-59-. The normalized spacial score (nSPS) is 14.3. The lowest BCUT2D eigenvalue weighted by atomic mass is 10.0. The van der Waals surface area contributed by atoms with Gasteiger partial charge in [0.05, 0.1) is 13.2 Å². The second kappa shape index (κ2) is 73.4. The van der Waals surface area contributed by atoms with Crippen LogP contribution in [-0.4, -0.2) is 49.3 Å². The lowest BCUT2D eigenvalue weighted by molar-refractivity contribution is -0.161. The van der Waals surface area contributed by atoms with E-state index in [1.54, 1.807) is 0 Å². The molecule has 10 heteroatoms. The lowest BCUT2D eigenvalue weighted by Gasteiger charge is -2.19. The van der Waals surface area contributed by atoms with Gasteiger partial charge in [0, 0.05) is 19.4 Å². The topological polar surface area (TPSA) is 134 Å². The van der Waals surface area contributed by atoms with Gasteiger partial charge in [0.25, 0.3) is 0 Å². The predicted octanol–water partition coefficient (Wildman–Crippen LogP) is 23.6. The highest BCUT2D eigenvalue weighted by Gasteiger charge is 2.26. The monoisotopic (exact) mass is 1270 g/mol. The SMILES string of the molecule is CC/C=C\C/C=C\C/C=C\C/C=C\C/C=C\C/C=C\C/C=C\C/C=C\C/C=C\C/C=C\CCCCCCCCCCCCC(=O)OC(COC(=O)CCCCCC/C=C\C/C=C\C/C=C\C/C=C\C/C=C\C/C=C\C/C=C\C/C=C\CC)COP(=O)(O)OCCN. The largest absolute Gasteiger partial charge is 0.472 e. The van der Waals surface area contributed by atoms with Crippen molar-refractivity contribution < 1.29 is 37.6 Å². The van der Waals surface area contributed by atoms with Gasteiger partial charge in [-0.05, 0) is 154 Å². The maximum absolute atomic E-state index is 12.8. The van der Waals surface area contributed by atoms with Gasteiger partial charge in [0.15, 0.2) is 6.10 Å². The van der Waals surface area contributed by atoms with Gasteiger partial charge in [0.1, 0.15) is 6.61 Å². The number of phosphoric ester groups is 1. The number of phosphoric acid groups is 1. The molecule has 0 heterocycles. The smallest absolute Gasteiger partial charge is 0.462 e. The minimum Gasteiger partial charge on any atom is -0.462 e. The van der Waals surface area contributed by atoms with Crippen molar-refractivity contribution in [3.8, 4) is 0 Å². The van der Waals surface area contributed by atoms with E-state index in [0.717, 1.165) is 167 Å². The Balaban J connectivity index is 4.03. The Morgan fingerprint density at radius 1 is 0.330 bits per heavy atom. The van der Waals surface area contributed by atoms with Crippen molar-refractivity contribution in [2.45, 2.75) is 251 Å². The minimum atomic E-state index is -4.42. The van der Waals surface area contributed by atoms with Gasteiger partial charge in [0.2, 0.25) is 0 Å². The van der Waals surface area contributed by atoms with E-state index in [2.05, 4.69) is 233 Å². The summed E-state index contributed by atoms with van der Waals surface area (Å²) in [5, 5.41) is 0. The number of rotatable bonds is 63. The third kappa shape index (κ3) is 73.3. The summed E-state index contributed by atoms with van der Waals surface area (Å²) >= 11 is 0. The highest BCUT2D eigenvalue weighted by atomic mass is 31.2. The highest BCUT2D eigenvalue weighted by Crippen LogP contribution is 2.43. The first-order chi connectivity index (χ1) is 44.8. The minimum absolute atomic E-state index is 0.0372. The fourth-order valence-corrected chi connectivity index (χ4v) is 9.50. The second-order valence-corrected chi connectivity index (χ2v) is 23.7. The summed E-state index contributed by atoms with van der Waals surface area (Å²) in [5.74, 6) is -0.878. The van der Waals surface area contributed by atoms with Crippen molar-refractivity contribution in [3.63, 3.8) is 0 Å². The summed E-state index contributed by atoms with van der Waals surface area (Å²) in [6, 6.07) is 0. The highest BCUT2D eigenvalue weighted by molar-refractivity contribution is 7.47. The Morgan fingerprint density at radius 2 is 0.571 bits per heavy atom.